The summed E-state index contributed by atoms with van der Waals surface area (Å²) >= 11 is 0. The Kier molecular flexibility index (Phi) is 6.18. The highest BCUT2D eigenvalue weighted by atomic mass is 16.5. The van der Waals surface area contributed by atoms with Crippen molar-refractivity contribution in [1.29, 1.82) is 0 Å². The molecule has 0 aliphatic carbocycles. The van der Waals surface area contributed by atoms with E-state index in [1.165, 1.54) is 12.3 Å². The van der Waals surface area contributed by atoms with Crippen LogP contribution in [0.3, 0.4) is 0 Å². The Balaban J connectivity index is 1.35. The van der Waals surface area contributed by atoms with Crippen LogP contribution in [0.4, 0.5) is 11.4 Å². The SMILES string of the molecule is CC(C)(C)c1cc(C(=O)Nc2cccc(NC(=O)COc3ccc4c(=O)ccoc4c3)c2)no1. The van der Waals surface area contributed by atoms with Gasteiger partial charge in [-0.25, -0.2) is 0 Å². The third-order valence-electron chi connectivity index (χ3n) is 4.89. The fourth-order valence-corrected chi connectivity index (χ4v) is 3.10. The number of fused-ring (bicyclic) bond motifs is 1. The van der Waals surface area contributed by atoms with Crippen LogP contribution in [0.1, 0.15) is 37.0 Å². The summed E-state index contributed by atoms with van der Waals surface area (Å²) in [5.41, 5.74) is 1.07. The lowest BCUT2D eigenvalue weighted by Gasteiger charge is -2.12. The summed E-state index contributed by atoms with van der Waals surface area (Å²) in [6.45, 7) is 5.63. The van der Waals surface area contributed by atoms with Crippen molar-refractivity contribution in [3.05, 3.63) is 82.5 Å². The minimum atomic E-state index is -0.422. The molecule has 9 nitrogen and oxygen atoms in total. The van der Waals surface area contributed by atoms with E-state index in [-0.39, 0.29) is 23.1 Å². The van der Waals surface area contributed by atoms with Gasteiger partial charge in [0.1, 0.15) is 17.1 Å². The first kappa shape index (κ1) is 22.8. The summed E-state index contributed by atoms with van der Waals surface area (Å²) in [6.07, 6.45) is 1.30. The minimum Gasteiger partial charge on any atom is -0.484 e. The van der Waals surface area contributed by atoms with E-state index in [4.69, 9.17) is 13.7 Å². The summed E-state index contributed by atoms with van der Waals surface area (Å²) < 4.78 is 16.1. The standard InChI is InChI=1S/C25H23N3O6/c1-25(2,3)22-13-19(28-34-22)24(31)27-16-6-4-5-15(11-16)26-23(30)14-33-17-7-8-18-20(29)9-10-32-21(18)12-17/h4-13H,14H2,1-3H3,(H,26,30)(H,27,31). The molecule has 0 saturated carbocycles. The first-order chi connectivity index (χ1) is 16.2. The molecule has 4 aromatic rings. The fourth-order valence-electron chi connectivity index (χ4n) is 3.10. The summed E-state index contributed by atoms with van der Waals surface area (Å²) in [7, 11) is 0. The molecule has 2 heterocycles. The summed E-state index contributed by atoms with van der Waals surface area (Å²) in [4.78, 5) is 36.6. The van der Waals surface area contributed by atoms with Gasteiger partial charge in [-0.2, -0.15) is 0 Å². The molecular weight excluding hydrogens is 438 g/mol. The molecule has 0 bridgehead atoms. The number of aromatic nitrogens is 1. The number of anilines is 2. The van der Waals surface area contributed by atoms with Gasteiger partial charge in [-0.3, -0.25) is 14.4 Å². The lowest BCUT2D eigenvalue weighted by molar-refractivity contribution is -0.118. The van der Waals surface area contributed by atoms with Crippen LogP contribution < -0.4 is 20.8 Å². The highest BCUT2D eigenvalue weighted by molar-refractivity contribution is 6.03. The zero-order valence-electron chi connectivity index (χ0n) is 18.9. The Morgan fingerprint density at radius 3 is 2.50 bits per heavy atom. The maximum absolute atomic E-state index is 12.5. The van der Waals surface area contributed by atoms with Gasteiger partial charge in [0.05, 0.1) is 11.6 Å². The van der Waals surface area contributed by atoms with Gasteiger partial charge in [0.2, 0.25) is 0 Å². The van der Waals surface area contributed by atoms with Crippen LogP contribution in [0.25, 0.3) is 11.0 Å². The van der Waals surface area contributed by atoms with Gasteiger partial charge in [-0.1, -0.05) is 32.0 Å². The van der Waals surface area contributed by atoms with Crippen LogP contribution in [0, 0.1) is 0 Å². The molecule has 2 aromatic carbocycles. The summed E-state index contributed by atoms with van der Waals surface area (Å²) in [5.74, 6) is 0.172. The topological polar surface area (TPSA) is 124 Å². The Bertz CT molecular complexity index is 1410. The van der Waals surface area contributed by atoms with Crippen molar-refractivity contribution < 1.29 is 23.3 Å². The van der Waals surface area contributed by atoms with E-state index in [1.807, 2.05) is 20.8 Å². The first-order valence-corrected chi connectivity index (χ1v) is 10.5. The molecule has 0 spiro atoms. The van der Waals surface area contributed by atoms with Crippen LogP contribution in [0.15, 0.2) is 74.6 Å². The maximum Gasteiger partial charge on any atom is 0.277 e. The van der Waals surface area contributed by atoms with Gasteiger partial charge >= 0.3 is 0 Å². The molecule has 9 heteroatoms. The van der Waals surface area contributed by atoms with Gasteiger partial charge in [-0.05, 0) is 30.3 Å². The zero-order chi connectivity index (χ0) is 24.3. The smallest absolute Gasteiger partial charge is 0.277 e. The quantitative estimate of drug-likeness (QED) is 0.437. The molecule has 0 atom stereocenters. The van der Waals surface area contributed by atoms with Crippen LogP contribution in [0.2, 0.25) is 0 Å². The summed E-state index contributed by atoms with van der Waals surface area (Å²) in [5, 5.41) is 9.71. The third-order valence-corrected chi connectivity index (χ3v) is 4.89. The van der Waals surface area contributed by atoms with E-state index < -0.39 is 11.8 Å². The minimum absolute atomic E-state index is 0.157. The lowest BCUT2D eigenvalue weighted by atomic mass is 9.93. The number of hydrogen-bond acceptors (Lipinski definition) is 7. The molecule has 0 aliphatic heterocycles. The molecule has 2 N–H and O–H groups in total. The number of nitrogens with zero attached hydrogens (tertiary/aromatic N) is 1. The molecule has 4 rings (SSSR count). The largest absolute Gasteiger partial charge is 0.484 e. The second-order valence-electron chi connectivity index (χ2n) is 8.64. The number of ether oxygens (including phenoxy) is 1. The molecule has 174 valence electrons. The Morgan fingerprint density at radius 1 is 1.00 bits per heavy atom. The molecule has 2 aromatic heterocycles. The van der Waals surface area contributed by atoms with Crippen molar-refractivity contribution in [3.63, 3.8) is 0 Å². The van der Waals surface area contributed by atoms with Gasteiger partial charge < -0.3 is 24.3 Å². The van der Waals surface area contributed by atoms with Gasteiger partial charge in [0.15, 0.2) is 17.7 Å². The van der Waals surface area contributed by atoms with Crippen molar-refractivity contribution in [2.75, 3.05) is 17.2 Å². The van der Waals surface area contributed by atoms with Crippen LogP contribution >= 0.6 is 0 Å². The van der Waals surface area contributed by atoms with E-state index in [0.717, 1.165) is 0 Å². The predicted molar refractivity (Wildman–Crippen MR) is 126 cm³/mol. The Labute approximate surface area is 194 Å². The number of carbonyl (C=O) groups excluding carboxylic acids is 2. The normalized spacial score (nSPS) is 11.3. The molecule has 2 amide bonds. The van der Waals surface area contributed by atoms with E-state index in [0.29, 0.717) is 33.9 Å². The Morgan fingerprint density at radius 2 is 1.76 bits per heavy atom. The van der Waals surface area contributed by atoms with Crippen LogP contribution in [-0.4, -0.2) is 23.6 Å². The van der Waals surface area contributed by atoms with Gasteiger partial charge in [0, 0.05) is 35.0 Å². The average molecular weight is 461 g/mol. The molecule has 0 saturated heterocycles. The van der Waals surface area contributed by atoms with Crippen molar-refractivity contribution in [2.24, 2.45) is 0 Å². The van der Waals surface area contributed by atoms with Crippen molar-refractivity contribution in [1.82, 2.24) is 5.16 Å². The molecular formula is C25H23N3O6. The average Bonchev–Trinajstić information content (AvgIpc) is 3.29. The van der Waals surface area contributed by atoms with Crippen molar-refractivity contribution in [3.8, 4) is 5.75 Å². The molecule has 0 fully saturated rings. The van der Waals surface area contributed by atoms with Gasteiger partial charge in [-0.15, -0.1) is 0 Å². The molecule has 0 unspecified atom stereocenters. The third kappa shape index (κ3) is 5.32. The number of nitrogens with one attached hydrogen (secondary N) is 2. The number of benzene rings is 2. The monoisotopic (exact) mass is 461 g/mol. The van der Waals surface area contributed by atoms with Crippen LogP contribution in [-0.2, 0) is 10.2 Å². The first-order valence-electron chi connectivity index (χ1n) is 10.5. The highest BCUT2D eigenvalue weighted by Crippen LogP contribution is 2.23. The molecule has 34 heavy (non-hydrogen) atoms. The summed E-state index contributed by atoms with van der Waals surface area (Å²) in [6, 6.07) is 14.4. The Hall–Kier alpha value is -4.40. The lowest BCUT2D eigenvalue weighted by Crippen LogP contribution is -2.20. The second kappa shape index (κ2) is 9.22. The van der Waals surface area contributed by atoms with Gasteiger partial charge in [0.25, 0.3) is 11.8 Å². The van der Waals surface area contributed by atoms with Crippen molar-refractivity contribution in [2.45, 2.75) is 26.2 Å². The van der Waals surface area contributed by atoms with E-state index in [1.54, 1.807) is 48.5 Å². The van der Waals surface area contributed by atoms with E-state index in [9.17, 15) is 14.4 Å². The number of rotatable bonds is 6. The van der Waals surface area contributed by atoms with E-state index in [2.05, 4.69) is 15.8 Å². The number of hydrogen-bond donors (Lipinski definition) is 2. The number of carbonyl (C=O) groups is 2. The van der Waals surface area contributed by atoms with Crippen molar-refractivity contribution >= 4 is 34.2 Å². The highest BCUT2D eigenvalue weighted by Gasteiger charge is 2.22. The molecule has 0 aliphatic rings. The maximum atomic E-state index is 12.5. The number of amides is 2. The zero-order valence-corrected chi connectivity index (χ0v) is 18.9. The predicted octanol–water partition coefficient (Wildman–Crippen LogP) is 4.35. The fraction of sp³-hybridized carbons (Fsp3) is 0.200. The van der Waals surface area contributed by atoms with Crippen LogP contribution in [0.5, 0.6) is 5.75 Å². The van der Waals surface area contributed by atoms with E-state index >= 15 is 0 Å². The molecule has 0 radical (unpaired) electrons. The second-order valence-corrected chi connectivity index (χ2v) is 8.64.